The maximum atomic E-state index is 13.7. The summed E-state index contributed by atoms with van der Waals surface area (Å²) in [5.74, 6) is -0.0353. The number of carbonyl (C=O) groups excluding carboxylic acids is 2. The highest BCUT2D eigenvalue weighted by atomic mass is 32.1. The molecule has 1 aliphatic heterocycles. The largest absolute Gasteiger partial charge is 0.346 e. The Morgan fingerprint density at radius 3 is 2.74 bits per heavy atom. The van der Waals surface area contributed by atoms with E-state index in [2.05, 4.69) is 17.2 Å². The van der Waals surface area contributed by atoms with Gasteiger partial charge in [0.2, 0.25) is 5.91 Å². The number of hydrogen-bond acceptors (Lipinski definition) is 4. The van der Waals surface area contributed by atoms with Gasteiger partial charge >= 0.3 is 6.03 Å². The highest BCUT2D eigenvalue weighted by molar-refractivity contribution is 7.15. The number of rotatable bonds is 7. The normalized spacial score (nSPS) is 14.5. The molecular weight excluding hydrogens is 415 g/mol. The summed E-state index contributed by atoms with van der Waals surface area (Å²) >= 11 is 1.39. The number of piperidine rings is 1. The van der Waals surface area contributed by atoms with E-state index in [-0.39, 0.29) is 23.7 Å². The van der Waals surface area contributed by atoms with Crippen LogP contribution in [0.25, 0.3) is 0 Å². The fourth-order valence-electron chi connectivity index (χ4n) is 3.71. The number of amides is 3. The molecule has 2 aromatic rings. The molecule has 31 heavy (non-hydrogen) atoms. The van der Waals surface area contributed by atoms with Gasteiger partial charge in [-0.2, -0.15) is 0 Å². The number of thiazole rings is 1. The van der Waals surface area contributed by atoms with Crippen molar-refractivity contribution < 1.29 is 14.0 Å². The topological polar surface area (TPSA) is 65.5 Å². The summed E-state index contributed by atoms with van der Waals surface area (Å²) in [5, 5.41) is 3.39. The van der Waals surface area contributed by atoms with Crippen LogP contribution in [0.1, 0.15) is 48.6 Å². The molecule has 1 aromatic carbocycles. The standard InChI is InChI=1S/C23H31FN4O2S/c1-4-5-10-27(3)21(29)18-8-11-28(12-9-18)23(30)26-22-25-15-19(31-22)13-17-7-6-16(2)20(24)14-17/h6-7,14-15,18H,4-5,8-13H2,1-3H3,(H,25,26,30). The van der Waals surface area contributed by atoms with Crippen molar-refractivity contribution >= 4 is 28.4 Å². The summed E-state index contributed by atoms with van der Waals surface area (Å²) < 4.78 is 13.7. The lowest BCUT2D eigenvalue weighted by Crippen LogP contribution is -2.45. The first-order chi connectivity index (χ1) is 14.9. The quantitative estimate of drug-likeness (QED) is 0.671. The third-order valence-electron chi connectivity index (χ3n) is 5.74. The van der Waals surface area contributed by atoms with Crippen molar-refractivity contribution in [3.63, 3.8) is 0 Å². The number of urea groups is 1. The summed E-state index contributed by atoms with van der Waals surface area (Å²) in [6.07, 6.45) is 5.74. The van der Waals surface area contributed by atoms with Crippen LogP contribution in [-0.4, -0.2) is 53.4 Å². The SMILES string of the molecule is CCCCN(C)C(=O)C1CCN(C(=O)Nc2ncc(Cc3ccc(C)c(F)c3)s2)CC1. The molecule has 8 heteroatoms. The van der Waals surface area contributed by atoms with E-state index in [1.54, 1.807) is 30.2 Å². The van der Waals surface area contributed by atoms with Crippen LogP contribution in [-0.2, 0) is 11.2 Å². The number of aromatic nitrogens is 1. The molecule has 1 N–H and O–H groups in total. The first-order valence-electron chi connectivity index (χ1n) is 10.9. The molecule has 168 valence electrons. The van der Waals surface area contributed by atoms with Gasteiger partial charge < -0.3 is 9.80 Å². The molecule has 1 fully saturated rings. The Bertz CT molecular complexity index is 909. The Labute approximate surface area is 187 Å². The molecule has 1 aliphatic rings. The molecule has 1 saturated heterocycles. The van der Waals surface area contributed by atoms with Crippen LogP contribution in [0.5, 0.6) is 0 Å². The molecule has 0 saturated carbocycles. The number of carbonyl (C=O) groups is 2. The Morgan fingerprint density at radius 2 is 2.06 bits per heavy atom. The van der Waals surface area contributed by atoms with Crippen LogP contribution >= 0.6 is 11.3 Å². The predicted molar refractivity (Wildman–Crippen MR) is 122 cm³/mol. The lowest BCUT2D eigenvalue weighted by atomic mass is 9.95. The van der Waals surface area contributed by atoms with E-state index >= 15 is 0 Å². The average Bonchev–Trinajstić information content (AvgIpc) is 3.20. The lowest BCUT2D eigenvalue weighted by molar-refractivity contribution is -0.135. The van der Waals surface area contributed by atoms with E-state index in [1.165, 1.54) is 11.3 Å². The first-order valence-corrected chi connectivity index (χ1v) is 11.7. The number of benzene rings is 1. The van der Waals surface area contributed by atoms with Gasteiger partial charge in [-0.3, -0.25) is 10.1 Å². The minimum atomic E-state index is -0.214. The van der Waals surface area contributed by atoms with Gasteiger partial charge in [-0.15, -0.1) is 11.3 Å². The van der Waals surface area contributed by atoms with Crippen molar-refractivity contribution in [1.29, 1.82) is 0 Å². The fourth-order valence-corrected chi connectivity index (χ4v) is 4.55. The molecule has 3 amide bonds. The smallest absolute Gasteiger partial charge is 0.323 e. The van der Waals surface area contributed by atoms with Crippen molar-refractivity contribution in [2.75, 3.05) is 32.0 Å². The molecule has 2 heterocycles. The van der Waals surface area contributed by atoms with Crippen LogP contribution in [0.15, 0.2) is 24.4 Å². The van der Waals surface area contributed by atoms with Crippen LogP contribution in [0, 0.1) is 18.7 Å². The van der Waals surface area contributed by atoms with Crippen LogP contribution < -0.4 is 5.32 Å². The summed E-state index contributed by atoms with van der Waals surface area (Å²) in [7, 11) is 1.86. The molecule has 6 nitrogen and oxygen atoms in total. The van der Waals surface area contributed by atoms with Crippen molar-refractivity contribution in [2.24, 2.45) is 5.92 Å². The van der Waals surface area contributed by atoms with E-state index in [0.717, 1.165) is 29.8 Å². The zero-order chi connectivity index (χ0) is 22.4. The Morgan fingerprint density at radius 1 is 1.32 bits per heavy atom. The Balaban J connectivity index is 1.48. The monoisotopic (exact) mass is 446 g/mol. The van der Waals surface area contributed by atoms with Crippen molar-refractivity contribution in [1.82, 2.24) is 14.8 Å². The van der Waals surface area contributed by atoms with Gasteiger partial charge in [0, 0.05) is 50.1 Å². The van der Waals surface area contributed by atoms with Gasteiger partial charge in [-0.1, -0.05) is 25.5 Å². The van der Waals surface area contributed by atoms with Crippen molar-refractivity contribution in [3.8, 4) is 0 Å². The second kappa shape index (κ2) is 10.7. The number of likely N-dealkylation sites (tertiary alicyclic amines) is 1. The number of halogens is 1. The van der Waals surface area contributed by atoms with Gasteiger partial charge in [0.25, 0.3) is 0 Å². The maximum absolute atomic E-state index is 13.7. The number of hydrogen-bond donors (Lipinski definition) is 1. The number of anilines is 1. The molecule has 1 aromatic heterocycles. The van der Waals surface area contributed by atoms with E-state index in [4.69, 9.17) is 0 Å². The summed E-state index contributed by atoms with van der Waals surface area (Å²) in [4.78, 5) is 34.0. The molecule has 0 aliphatic carbocycles. The van der Waals surface area contributed by atoms with E-state index in [9.17, 15) is 14.0 Å². The Hall–Kier alpha value is -2.48. The first kappa shape index (κ1) is 23.2. The van der Waals surface area contributed by atoms with Gasteiger partial charge in [0.15, 0.2) is 5.13 Å². The number of unbranched alkanes of at least 4 members (excludes halogenated alkanes) is 1. The molecule has 0 radical (unpaired) electrons. The molecule has 0 unspecified atom stereocenters. The number of nitrogens with one attached hydrogen (secondary N) is 1. The van der Waals surface area contributed by atoms with Gasteiger partial charge in [0.05, 0.1) is 0 Å². The summed E-state index contributed by atoms with van der Waals surface area (Å²) in [6.45, 7) is 5.76. The molecule has 3 rings (SSSR count). The maximum Gasteiger partial charge on any atom is 0.323 e. The Kier molecular flexibility index (Phi) is 8.01. The highest BCUT2D eigenvalue weighted by Crippen LogP contribution is 2.24. The molecule has 0 atom stereocenters. The van der Waals surface area contributed by atoms with Crippen LogP contribution in [0.2, 0.25) is 0 Å². The van der Waals surface area contributed by atoms with Gasteiger partial charge in [0.1, 0.15) is 5.82 Å². The minimum absolute atomic E-state index is 0.00715. The summed E-state index contributed by atoms with van der Waals surface area (Å²) in [5.41, 5.74) is 1.50. The average molecular weight is 447 g/mol. The zero-order valence-electron chi connectivity index (χ0n) is 18.5. The lowest BCUT2D eigenvalue weighted by Gasteiger charge is -2.33. The van der Waals surface area contributed by atoms with E-state index < -0.39 is 0 Å². The molecule has 0 spiro atoms. The fraction of sp³-hybridized carbons (Fsp3) is 0.522. The van der Waals surface area contributed by atoms with Gasteiger partial charge in [-0.25, -0.2) is 14.2 Å². The van der Waals surface area contributed by atoms with Crippen molar-refractivity contribution in [3.05, 3.63) is 46.2 Å². The second-order valence-corrected chi connectivity index (χ2v) is 9.31. The highest BCUT2D eigenvalue weighted by Gasteiger charge is 2.29. The van der Waals surface area contributed by atoms with E-state index in [1.807, 2.05) is 18.0 Å². The zero-order valence-corrected chi connectivity index (χ0v) is 19.3. The number of nitrogens with zero attached hydrogens (tertiary/aromatic N) is 3. The third-order valence-corrected chi connectivity index (χ3v) is 6.65. The third kappa shape index (κ3) is 6.26. The second-order valence-electron chi connectivity index (χ2n) is 8.20. The minimum Gasteiger partial charge on any atom is -0.346 e. The van der Waals surface area contributed by atoms with Crippen LogP contribution in [0.4, 0.5) is 14.3 Å². The number of aryl methyl sites for hydroxylation is 1. The summed E-state index contributed by atoms with van der Waals surface area (Å²) in [6, 6.07) is 5.03. The molecular formula is C23H31FN4O2S. The van der Waals surface area contributed by atoms with Crippen molar-refractivity contribution in [2.45, 2.75) is 46.0 Å². The van der Waals surface area contributed by atoms with Gasteiger partial charge in [-0.05, 0) is 43.4 Å². The van der Waals surface area contributed by atoms with E-state index in [0.29, 0.717) is 43.0 Å². The van der Waals surface area contributed by atoms with Crippen LogP contribution in [0.3, 0.4) is 0 Å². The molecule has 0 bridgehead atoms. The predicted octanol–water partition coefficient (Wildman–Crippen LogP) is 4.68.